The number of methoxy groups -OCH3 is 1. The SMILES string of the molecule is COc1cccc([C@@H](C)Cc2cc(C)nc([C@@H](C)Cc3ccnc(C(C)C)c3)c2)n1. The number of ether oxygens (including phenoxy) is 1. The minimum atomic E-state index is 0.304. The van der Waals surface area contributed by atoms with Crippen LogP contribution in [0.5, 0.6) is 5.88 Å². The number of nitrogens with zero attached hydrogens (tertiary/aromatic N) is 3. The van der Waals surface area contributed by atoms with Crippen molar-refractivity contribution in [2.75, 3.05) is 7.11 Å². The van der Waals surface area contributed by atoms with Crippen LogP contribution in [-0.4, -0.2) is 22.1 Å². The molecule has 0 saturated heterocycles. The van der Waals surface area contributed by atoms with Gasteiger partial charge in [-0.05, 0) is 67.1 Å². The van der Waals surface area contributed by atoms with E-state index in [1.807, 2.05) is 18.3 Å². The van der Waals surface area contributed by atoms with Gasteiger partial charge in [-0.3, -0.25) is 9.97 Å². The molecule has 0 aliphatic heterocycles. The van der Waals surface area contributed by atoms with E-state index in [-0.39, 0.29) is 0 Å². The highest BCUT2D eigenvalue weighted by Gasteiger charge is 2.14. The van der Waals surface area contributed by atoms with Crippen LogP contribution in [0.1, 0.15) is 79.4 Å². The highest BCUT2D eigenvalue weighted by atomic mass is 16.5. The molecule has 3 aromatic rings. The summed E-state index contributed by atoms with van der Waals surface area (Å²) in [6, 6.07) is 14.8. The number of hydrogen-bond acceptors (Lipinski definition) is 4. The molecule has 0 amide bonds. The zero-order valence-corrected chi connectivity index (χ0v) is 19.0. The van der Waals surface area contributed by atoms with Gasteiger partial charge >= 0.3 is 0 Å². The molecule has 0 aliphatic carbocycles. The van der Waals surface area contributed by atoms with Crippen molar-refractivity contribution in [3.63, 3.8) is 0 Å². The molecule has 3 rings (SSSR count). The summed E-state index contributed by atoms with van der Waals surface area (Å²) < 4.78 is 5.28. The zero-order valence-electron chi connectivity index (χ0n) is 19.0. The van der Waals surface area contributed by atoms with Crippen molar-refractivity contribution in [1.29, 1.82) is 0 Å². The second-order valence-corrected chi connectivity index (χ2v) is 8.60. The Balaban J connectivity index is 1.76. The van der Waals surface area contributed by atoms with Crippen LogP contribution < -0.4 is 4.74 Å². The third kappa shape index (κ3) is 5.65. The Morgan fingerprint density at radius 2 is 1.50 bits per heavy atom. The van der Waals surface area contributed by atoms with Crippen LogP contribution in [0.2, 0.25) is 0 Å². The van der Waals surface area contributed by atoms with Crippen molar-refractivity contribution >= 4 is 0 Å². The molecule has 0 bridgehead atoms. The fourth-order valence-corrected chi connectivity index (χ4v) is 3.81. The Labute approximate surface area is 180 Å². The van der Waals surface area contributed by atoms with Crippen molar-refractivity contribution in [3.8, 4) is 5.88 Å². The van der Waals surface area contributed by atoms with E-state index in [1.54, 1.807) is 7.11 Å². The predicted molar refractivity (Wildman–Crippen MR) is 122 cm³/mol. The van der Waals surface area contributed by atoms with Gasteiger partial charge in [0.25, 0.3) is 0 Å². The number of aromatic nitrogens is 3. The average Bonchev–Trinajstić information content (AvgIpc) is 2.73. The quantitative estimate of drug-likeness (QED) is 0.462. The van der Waals surface area contributed by atoms with Crippen LogP contribution >= 0.6 is 0 Å². The second-order valence-electron chi connectivity index (χ2n) is 8.60. The molecule has 0 unspecified atom stereocenters. The molecule has 0 N–H and O–H groups in total. The van der Waals surface area contributed by atoms with Gasteiger partial charge in [0, 0.05) is 46.9 Å². The van der Waals surface area contributed by atoms with E-state index >= 15 is 0 Å². The lowest BCUT2D eigenvalue weighted by Crippen LogP contribution is -2.07. The number of hydrogen-bond donors (Lipinski definition) is 0. The summed E-state index contributed by atoms with van der Waals surface area (Å²) in [6.45, 7) is 10.9. The third-order valence-corrected chi connectivity index (χ3v) is 5.52. The van der Waals surface area contributed by atoms with Crippen LogP contribution in [-0.2, 0) is 12.8 Å². The van der Waals surface area contributed by atoms with E-state index in [0.717, 1.165) is 35.6 Å². The van der Waals surface area contributed by atoms with Crippen molar-refractivity contribution in [3.05, 3.63) is 82.6 Å². The fourth-order valence-electron chi connectivity index (χ4n) is 3.81. The molecule has 0 spiro atoms. The van der Waals surface area contributed by atoms with Crippen molar-refractivity contribution in [2.45, 2.75) is 65.2 Å². The van der Waals surface area contributed by atoms with Gasteiger partial charge in [-0.25, -0.2) is 4.98 Å². The minimum Gasteiger partial charge on any atom is -0.481 e. The molecule has 3 aromatic heterocycles. The van der Waals surface area contributed by atoms with E-state index in [0.29, 0.717) is 23.6 Å². The molecule has 4 heteroatoms. The number of pyridine rings is 3. The summed E-state index contributed by atoms with van der Waals surface area (Å²) in [5, 5.41) is 0. The Bertz CT molecular complexity index is 984. The minimum absolute atomic E-state index is 0.304. The van der Waals surface area contributed by atoms with Crippen LogP contribution in [0.15, 0.2) is 48.7 Å². The Hall–Kier alpha value is -2.75. The molecular formula is C26H33N3O. The first-order chi connectivity index (χ1) is 14.4. The predicted octanol–water partition coefficient (Wildman–Crippen LogP) is 6.00. The Kier molecular flexibility index (Phi) is 7.20. The largest absolute Gasteiger partial charge is 0.481 e. The van der Waals surface area contributed by atoms with Crippen molar-refractivity contribution < 1.29 is 4.74 Å². The highest BCUT2D eigenvalue weighted by Crippen LogP contribution is 2.25. The van der Waals surface area contributed by atoms with E-state index in [4.69, 9.17) is 9.72 Å². The average molecular weight is 404 g/mol. The molecule has 4 nitrogen and oxygen atoms in total. The van der Waals surface area contributed by atoms with Gasteiger partial charge < -0.3 is 4.74 Å². The summed E-state index contributed by atoms with van der Waals surface area (Å²) in [6.07, 6.45) is 3.82. The maximum atomic E-state index is 5.28. The van der Waals surface area contributed by atoms with Crippen LogP contribution in [0.3, 0.4) is 0 Å². The second kappa shape index (κ2) is 9.84. The van der Waals surface area contributed by atoms with E-state index in [9.17, 15) is 0 Å². The first-order valence-electron chi connectivity index (χ1n) is 10.8. The zero-order chi connectivity index (χ0) is 21.7. The maximum absolute atomic E-state index is 5.28. The summed E-state index contributed by atoms with van der Waals surface area (Å²) in [5.41, 5.74) is 7.05. The standard InChI is InChI=1S/C26H33N3O/c1-17(2)24-15-21(10-11-27-24)12-19(4)25-16-22(14-20(5)28-25)13-18(3)23-8-7-9-26(29-23)30-6/h7-11,14-19H,12-13H2,1-6H3/t18-,19-/m0/s1. The van der Waals surface area contributed by atoms with Crippen molar-refractivity contribution in [2.24, 2.45) is 0 Å². The first-order valence-corrected chi connectivity index (χ1v) is 10.8. The van der Waals surface area contributed by atoms with Crippen LogP contribution in [0, 0.1) is 6.92 Å². The lowest BCUT2D eigenvalue weighted by molar-refractivity contribution is 0.395. The van der Waals surface area contributed by atoms with Gasteiger partial charge in [0.2, 0.25) is 5.88 Å². The Morgan fingerprint density at radius 3 is 2.23 bits per heavy atom. The summed E-state index contributed by atoms with van der Waals surface area (Å²) in [7, 11) is 1.66. The van der Waals surface area contributed by atoms with E-state index < -0.39 is 0 Å². The van der Waals surface area contributed by atoms with Crippen molar-refractivity contribution in [1.82, 2.24) is 15.0 Å². The first kappa shape index (κ1) is 21.9. The molecule has 3 heterocycles. The summed E-state index contributed by atoms with van der Waals surface area (Å²) >= 11 is 0. The molecule has 158 valence electrons. The van der Waals surface area contributed by atoms with Gasteiger partial charge in [0.1, 0.15) is 0 Å². The smallest absolute Gasteiger partial charge is 0.213 e. The molecule has 30 heavy (non-hydrogen) atoms. The van der Waals surface area contributed by atoms with Gasteiger partial charge in [-0.1, -0.05) is 33.8 Å². The highest BCUT2D eigenvalue weighted by molar-refractivity contribution is 5.28. The summed E-state index contributed by atoms with van der Waals surface area (Å²) in [4.78, 5) is 13.9. The van der Waals surface area contributed by atoms with Crippen LogP contribution in [0.4, 0.5) is 0 Å². The molecule has 0 aliphatic rings. The van der Waals surface area contributed by atoms with E-state index in [1.165, 1.54) is 11.1 Å². The van der Waals surface area contributed by atoms with Crippen LogP contribution in [0.25, 0.3) is 0 Å². The van der Waals surface area contributed by atoms with Gasteiger partial charge in [0.15, 0.2) is 0 Å². The van der Waals surface area contributed by atoms with E-state index in [2.05, 4.69) is 74.9 Å². The Morgan fingerprint density at radius 1 is 0.800 bits per heavy atom. The summed E-state index contributed by atoms with van der Waals surface area (Å²) in [5.74, 6) is 1.75. The lowest BCUT2D eigenvalue weighted by Gasteiger charge is -2.17. The lowest BCUT2D eigenvalue weighted by atomic mass is 9.93. The molecule has 0 fully saturated rings. The molecule has 0 aromatic carbocycles. The normalized spacial score (nSPS) is 13.3. The maximum Gasteiger partial charge on any atom is 0.213 e. The number of rotatable bonds is 8. The number of aryl methyl sites for hydroxylation is 1. The fraction of sp³-hybridized carbons (Fsp3) is 0.423. The third-order valence-electron chi connectivity index (χ3n) is 5.52. The molecule has 2 atom stereocenters. The van der Waals surface area contributed by atoms with Gasteiger partial charge in [0.05, 0.1) is 7.11 Å². The monoisotopic (exact) mass is 403 g/mol. The topological polar surface area (TPSA) is 47.9 Å². The van der Waals surface area contributed by atoms with Gasteiger partial charge in [-0.15, -0.1) is 0 Å². The molecule has 0 radical (unpaired) electrons. The molecule has 0 saturated carbocycles. The van der Waals surface area contributed by atoms with Gasteiger partial charge in [-0.2, -0.15) is 0 Å². The molecular weight excluding hydrogens is 370 g/mol.